The van der Waals surface area contributed by atoms with Crippen molar-refractivity contribution in [1.29, 1.82) is 0 Å². The summed E-state index contributed by atoms with van der Waals surface area (Å²) in [7, 11) is 0. The van der Waals surface area contributed by atoms with Crippen molar-refractivity contribution in [1.82, 2.24) is 0 Å². The summed E-state index contributed by atoms with van der Waals surface area (Å²) in [6.07, 6.45) is 0. The molecule has 0 aliphatic heterocycles. The standard InChI is InChI=1S/C7H3ClFO2/c8-6-4(7(10)11)2-1-3-5(6)9/h1-3H. The fourth-order valence-electron chi connectivity index (χ4n) is 0.661. The predicted molar refractivity (Wildman–Crippen MR) is 36.4 cm³/mol. The predicted octanol–water partition coefficient (Wildman–Crippen LogP) is 2.05. The lowest BCUT2D eigenvalue weighted by atomic mass is 10.2. The van der Waals surface area contributed by atoms with Crippen LogP contribution >= 0.6 is 11.6 Å². The Labute approximate surface area is 67.2 Å². The Morgan fingerprint density at radius 1 is 1.45 bits per heavy atom. The number of hydrogen-bond donors (Lipinski definition) is 0. The normalized spacial score (nSPS) is 9.64. The van der Waals surface area contributed by atoms with Crippen molar-refractivity contribution in [2.75, 3.05) is 0 Å². The van der Waals surface area contributed by atoms with E-state index >= 15 is 0 Å². The monoisotopic (exact) mass is 173 g/mol. The molecule has 0 heterocycles. The molecule has 4 heteroatoms. The third kappa shape index (κ3) is 1.49. The van der Waals surface area contributed by atoms with Crippen molar-refractivity contribution in [3.8, 4) is 0 Å². The van der Waals surface area contributed by atoms with Gasteiger partial charge in [0, 0.05) is 0 Å². The van der Waals surface area contributed by atoms with Crippen LogP contribution in [0.25, 0.3) is 0 Å². The van der Waals surface area contributed by atoms with E-state index in [9.17, 15) is 14.3 Å². The van der Waals surface area contributed by atoms with Gasteiger partial charge in [-0.25, -0.2) is 14.3 Å². The zero-order valence-corrected chi connectivity index (χ0v) is 6.06. The van der Waals surface area contributed by atoms with Crippen molar-refractivity contribution in [3.63, 3.8) is 0 Å². The molecule has 2 nitrogen and oxygen atoms in total. The molecule has 0 unspecified atom stereocenters. The average Bonchev–Trinajstić information content (AvgIpc) is 1.94. The summed E-state index contributed by atoms with van der Waals surface area (Å²) in [6.45, 7) is 0. The second-order valence-electron chi connectivity index (χ2n) is 1.89. The molecule has 11 heavy (non-hydrogen) atoms. The maximum Gasteiger partial charge on any atom is 0.387 e. The second-order valence-corrected chi connectivity index (χ2v) is 2.27. The minimum atomic E-state index is -1.48. The van der Waals surface area contributed by atoms with Crippen LogP contribution in [0, 0.1) is 5.82 Å². The van der Waals surface area contributed by atoms with Crippen molar-refractivity contribution < 1.29 is 14.3 Å². The molecule has 0 N–H and O–H groups in total. The molecule has 0 aliphatic rings. The van der Waals surface area contributed by atoms with Crippen LogP contribution < -0.4 is 0 Å². The van der Waals surface area contributed by atoms with Gasteiger partial charge in [0.1, 0.15) is 5.82 Å². The lowest BCUT2D eigenvalue weighted by Gasteiger charge is -1.95. The number of rotatable bonds is 1. The molecule has 1 radical (unpaired) electrons. The third-order valence-corrected chi connectivity index (χ3v) is 1.56. The van der Waals surface area contributed by atoms with E-state index in [0.29, 0.717) is 0 Å². The van der Waals surface area contributed by atoms with Gasteiger partial charge in [-0.2, -0.15) is 0 Å². The van der Waals surface area contributed by atoms with Gasteiger partial charge in [-0.05, 0) is 12.1 Å². The molecule has 0 atom stereocenters. The fraction of sp³-hybridized carbons (Fsp3) is 0. The van der Waals surface area contributed by atoms with E-state index in [1.165, 1.54) is 12.1 Å². The highest BCUT2D eigenvalue weighted by molar-refractivity contribution is 6.33. The number of carbonyl (C=O) groups excluding carboxylic acids is 1. The maximum atomic E-state index is 12.5. The van der Waals surface area contributed by atoms with E-state index in [-0.39, 0.29) is 5.56 Å². The first-order valence-electron chi connectivity index (χ1n) is 2.78. The van der Waals surface area contributed by atoms with Gasteiger partial charge in [0.25, 0.3) is 0 Å². The van der Waals surface area contributed by atoms with Crippen LogP contribution in [0.3, 0.4) is 0 Å². The molecule has 57 valence electrons. The Hall–Kier alpha value is -1.09. The van der Waals surface area contributed by atoms with E-state index in [2.05, 4.69) is 0 Å². The van der Waals surface area contributed by atoms with Gasteiger partial charge in [-0.15, -0.1) is 0 Å². The molecule has 0 saturated carbocycles. The van der Waals surface area contributed by atoms with Crippen LogP contribution in [0.1, 0.15) is 10.4 Å². The Kier molecular flexibility index (Phi) is 2.10. The SMILES string of the molecule is [O]C(=O)c1cccc(F)c1Cl. The lowest BCUT2D eigenvalue weighted by molar-refractivity contribution is 0.0573. The Balaban J connectivity index is 3.27. The quantitative estimate of drug-likeness (QED) is 0.640. The van der Waals surface area contributed by atoms with Crippen molar-refractivity contribution in [2.45, 2.75) is 0 Å². The Morgan fingerprint density at radius 3 is 2.55 bits per heavy atom. The maximum absolute atomic E-state index is 12.5. The van der Waals surface area contributed by atoms with Crippen LogP contribution in [-0.2, 0) is 5.11 Å². The summed E-state index contributed by atoms with van der Waals surface area (Å²) in [5, 5.41) is 9.80. The molecule has 0 aliphatic carbocycles. The van der Waals surface area contributed by atoms with Crippen molar-refractivity contribution in [3.05, 3.63) is 34.6 Å². The molecule has 0 spiro atoms. The van der Waals surface area contributed by atoms with E-state index in [4.69, 9.17) is 11.6 Å². The lowest BCUT2D eigenvalue weighted by Crippen LogP contribution is -1.96. The first kappa shape index (κ1) is 8.01. The minimum absolute atomic E-state index is 0.327. The Morgan fingerprint density at radius 2 is 2.09 bits per heavy atom. The molecule has 1 aromatic rings. The molecule has 0 amide bonds. The van der Waals surface area contributed by atoms with Crippen LogP contribution in [0.5, 0.6) is 0 Å². The zero-order valence-electron chi connectivity index (χ0n) is 5.30. The largest absolute Gasteiger partial charge is 0.387 e. The first-order valence-corrected chi connectivity index (χ1v) is 3.16. The average molecular weight is 174 g/mol. The van der Waals surface area contributed by atoms with Gasteiger partial charge in [0.05, 0.1) is 10.6 Å². The van der Waals surface area contributed by atoms with Crippen LogP contribution in [-0.4, -0.2) is 5.97 Å². The van der Waals surface area contributed by atoms with Gasteiger partial charge in [0.15, 0.2) is 0 Å². The second kappa shape index (κ2) is 2.88. The highest BCUT2D eigenvalue weighted by Crippen LogP contribution is 2.19. The molecule has 0 fully saturated rings. The minimum Gasteiger partial charge on any atom is -0.241 e. The van der Waals surface area contributed by atoms with E-state index < -0.39 is 16.8 Å². The summed E-state index contributed by atoms with van der Waals surface area (Å²) >= 11 is 5.29. The highest BCUT2D eigenvalue weighted by atomic mass is 35.5. The number of halogens is 2. The number of benzene rings is 1. The van der Waals surface area contributed by atoms with Gasteiger partial charge in [-0.1, -0.05) is 17.7 Å². The summed E-state index contributed by atoms with van der Waals surface area (Å²) < 4.78 is 12.5. The van der Waals surface area contributed by atoms with Crippen LogP contribution in [0.2, 0.25) is 5.02 Å². The van der Waals surface area contributed by atoms with Crippen LogP contribution in [0.4, 0.5) is 4.39 Å². The fourth-order valence-corrected chi connectivity index (χ4v) is 0.865. The summed E-state index contributed by atoms with van der Waals surface area (Å²) in [4.78, 5) is 10.2. The van der Waals surface area contributed by atoms with Gasteiger partial charge < -0.3 is 0 Å². The highest BCUT2D eigenvalue weighted by Gasteiger charge is 2.12. The van der Waals surface area contributed by atoms with Crippen LogP contribution in [0.15, 0.2) is 18.2 Å². The number of carbonyl (C=O) groups is 1. The van der Waals surface area contributed by atoms with Gasteiger partial charge >= 0.3 is 5.97 Å². The summed E-state index contributed by atoms with van der Waals surface area (Å²) in [5.74, 6) is -2.23. The molecule has 0 aromatic heterocycles. The van der Waals surface area contributed by atoms with E-state index in [1.54, 1.807) is 0 Å². The smallest absolute Gasteiger partial charge is 0.241 e. The third-order valence-electron chi connectivity index (χ3n) is 1.17. The molecular weight excluding hydrogens is 171 g/mol. The zero-order chi connectivity index (χ0) is 8.43. The molecule has 0 saturated heterocycles. The number of hydrogen-bond acceptors (Lipinski definition) is 1. The van der Waals surface area contributed by atoms with Gasteiger partial charge in [0.2, 0.25) is 0 Å². The molecule has 0 bridgehead atoms. The Bertz CT molecular complexity index is 298. The van der Waals surface area contributed by atoms with Gasteiger partial charge in [-0.3, -0.25) is 0 Å². The molecule has 1 aromatic carbocycles. The first-order chi connectivity index (χ1) is 5.13. The molecule has 1 rings (SSSR count). The summed E-state index contributed by atoms with van der Waals surface area (Å²) in [5.41, 5.74) is -0.327. The molecular formula is C7H3ClFO2. The summed E-state index contributed by atoms with van der Waals surface area (Å²) in [6, 6.07) is 3.52. The van der Waals surface area contributed by atoms with Crippen molar-refractivity contribution >= 4 is 17.6 Å². The van der Waals surface area contributed by atoms with Crippen molar-refractivity contribution in [2.24, 2.45) is 0 Å². The topological polar surface area (TPSA) is 37.0 Å². The van der Waals surface area contributed by atoms with E-state index in [0.717, 1.165) is 6.07 Å². The van der Waals surface area contributed by atoms with E-state index in [1.807, 2.05) is 0 Å².